The van der Waals surface area contributed by atoms with Gasteiger partial charge in [0.15, 0.2) is 0 Å². The van der Waals surface area contributed by atoms with Crippen molar-refractivity contribution in [1.82, 2.24) is 35.1 Å². The second-order valence-corrected chi connectivity index (χ2v) is 18.7. The van der Waals surface area contributed by atoms with Crippen molar-refractivity contribution >= 4 is 63.2 Å². The van der Waals surface area contributed by atoms with Crippen molar-refractivity contribution in [2.45, 2.75) is 102 Å². The van der Waals surface area contributed by atoms with E-state index in [1.807, 2.05) is 128 Å². The van der Waals surface area contributed by atoms with Crippen LogP contribution < -0.4 is 11.1 Å². The average Bonchev–Trinajstić information content (AvgIpc) is 3.90. The number of carbonyl (C=O) groups is 3. The first-order valence-electron chi connectivity index (χ1n) is 21.9. The number of imidazole rings is 2. The first-order chi connectivity index (χ1) is 30.2. The standard InChI is InChI=1S/C27H33ClN4O3.C22H25ClN4O/c1-27(2,3)35-26(34)29-21(15-18-10-12-20(28)13-11-18)16-24(33)32-14-6-7-19(17-32)25-30-22-8-4-5-9-23(22)31-25;23-17-9-7-15(8-10-17)12-18(24)13-21(28)27-11-3-4-16(14-27)22-25-19-5-1-2-6-20(19)26-22/h4-5,8-13,19,21H,6-7,14-17H2,1-3H3,(H,29,34)(H,30,31);1-2,5-10,16,18H,3-4,11-14,24H2,(H,25,26)/t19?,21-;16?,18-/m11/s1. The number of para-hydroxylation sites is 4. The van der Waals surface area contributed by atoms with Crippen LogP contribution in [0.3, 0.4) is 0 Å². The predicted molar refractivity (Wildman–Crippen MR) is 250 cm³/mol. The zero-order chi connectivity index (χ0) is 44.5. The molecular weight excluding hydrogens is 835 g/mol. The van der Waals surface area contributed by atoms with E-state index in [0.717, 1.165) is 77.1 Å². The van der Waals surface area contributed by atoms with Crippen molar-refractivity contribution in [3.63, 3.8) is 0 Å². The molecule has 4 atom stereocenters. The molecule has 2 fully saturated rings. The highest BCUT2D eigenvalue weighted by Gasteiger charge is 2.30. The highest BCUT2D eigenvalue weighted by molar-refractivity contribution is 6.30. The number of rotatable bonds is 11. The van der Waals surface area contributed by atoms with Crippen LogP contribution in [0.1, 0.15) is 93.9 Å². The maximum absolute atomic E-state index is 13.4. The number of nitrogens with two attached hydrogens (primary N) is 1. The third-order valence-electron chi connectivity index (χ3n) is 11.5. The number of fused-ring (bicyclic) bond motifs is 2. The van der Waals surface area contributed by atoms with Gasteiger partial charge in [0.2, 0.25) is 11.8 Å². The van der Waals surface area contributed by atoms with E-state index in [9.17, 15) is 14.4 Å². The van der Waals surface area contributed by atoms with Crippen LogP contribution in [-0.2, 0) is 27.2 Å². The molecule has 14 heteroatoms. The van der Waals surface area contributed by atoms with E-state index >= 15 is 0 Å². The Hall–Kier alpha value is -5.43. The first-order valence-corrected chi connectivity index (χ1v) is 22.7. The van der Waals surface area contributed by atoms with E-state index < -0.39 is 17.7 Å². The number of amides is 3. The van der Waals surface area contributed by atoms with E-state index in [2.05, 4.69) is 15.3 Å². The molecule has 3 amide bonds. The largest absolute Gasteiger partial charge is 0.444 e. The highest BCUT2D eigenvalue weighted by Crippen LogP contribution is 2.29. The van der Waals surface area contributed by atoms with Gasteiger partial charge in [-0.1, -0.05) is 71.7 Å². The number of aromatic nitrogens is 4. The van der Waals surface area contributed by atoms with Gasteiger partial charge in [0.1, 0.15) is 17.2 Å². The molecule has 332 valence electrons. The summed E-state index contributed by atoms with van der Waals surface area (Å²) in [7, 11) is 0. The predicted octanol–water partition coefficient (Wildman–Crippen LogP) is 9.33. The van der Waals surface area contributed by atoms with Crippen LogP contribution in [0.5, 0.6) is 0 Å². The Morgan fingerprint density at radius 3 is 1.65 bits per heavy atom. The van der Waals surface area contributed by atoms with Crippen LogP contribution in [0.2, 0.25) is 10.0 Å². The average molecular weight is 894 g/mol. The summed E-state index contributed by atoms with van der Waals surface area (Å²) in [4.78, 5) is 58.8. The number of halogens is 2. The Morgan fingerprint density at radius 1 is 0.714 bits per heavy atom. The molecule has 8 rings (SSSR count). The van der Waals surface area contributed by atoms with Gasteiger partial charge in [-0.3, -0.25) is 9.59 Å². The van der Waals surface area contributed by atoms with Crippen LogP contribution in [0.15, 0.2) is 97.1 Å². The monoisotopic (exact) mass is 892 g/mol. The summed E-state index contributed by atoms with van der Waals surface area (Å²) < 4.78 is 5.45. The number of piperidine rings is 2. The fourth-order valence-electron chi connectivity index (χ4n) is 8.43. The third-order valence-corrected chi connectivity index (χ3v) is 12.0. The number of aromatic amines is 2. The summed E-state index contributed by atoms with van der Waals surface area (Å²) in [5.41, 5.74) is 11.7. The first kappa shape index (κ1) is 45.6. The van der Waals surface area contributed by atoms with E-state index in [-0.39, 0.29) is 36.1 Å². The van der Waals surface area contributed by atoms with Gasteiger partial charge in [-0.05, 0) is 119 Å². The number of carbonyl (C=O) groups excluding carboxylic acids is 3. The molecular formula is C49H58Cl2N8O4. The smallest absolute Gasteiger partial charge is 0.407 e. The maximum atomic E-state index is 13.4. The summed E-state index contributed by atoms with van der Waals surface area (Å²) >= 11 is 11.9. The molecule has 2 aromatic heterocycles. The molecule has 5 N–H and O–H groups in total. The number of hydrogen-bond donors (Lipinski definition) is 4. The topological polar surface area (TPSA) is 162 Å². The Kier molecular flexibility index (Phi) is 15.1. The van der Waals surface area contributed by atoms with Gasteiger partial charge in [-0.25, -0.2) is 14.8 Å². The van der Waals surface area contributed by atoms with E-state index in [1.54, 1.807) is 0 Å². The Balaban J connectivity index is 0.000000193. The van der Waals surface area contributed by atoms with Crippen molar-refractivity contribution in [3.8, 4) is 0 Å². The number of nitrogens with one attached hydrogen (secondary N) is 3. The van der Waals surface area contributed by atoms with Crippen LogP contribution in [0.4, 0.5) is 4.79 Å². The summed E-state index contributed by atoms with van der Waals surface area (Å²) in [6.07, 6.45) is 5.11. The lowest BCUT2D eigenvalue weighted by Crippen LogP contribution is -2.45. The van der Waals surface area contributed by atoms with Crippen molar-refractivity contribution in [2.24, 2.45) is 5.73 Å². The van der Waals surface area contributed by atoms with Gasteiger partial charge in [-0.15, -0.1) is 0 Å². The molecule has 2 aliphatic rings. The molecule has 0 bridgehead atoms. The van der Waals surface area contributed by atoms with Crippen LogP contribution >= 0.6 is 23.2 Å². The lowest BCUT2D eigenvalue weighted by molar-refractivity contribution is -0.133. The molecule has 0 radical (unpaired) electrons. The lowest BCUT2D eigenvalue weighted by Gasteiger charge is -2.33. The number of benzene rings is 4. The molecule has 2 saturated heterocycles. The molecule has 12 nitrogen and oxygen atoms in total. The van der Waals surface area contributed by atoms with Gasteiger partial charge < -0.3 is 35.6 Å². The van der Waals surface area contributed by atoms with Crippen LogP contribution in [0.25, 0.3) is 22.1 Å². The lowest BCUT2D eigenvalue weighted by atomic mass is 9.96. The Labute approximate surface area is 379 Å². The number of alkyl carbamates (subject to hydrolysis) is 1. The second-order valence-electron chi connectivity index (χ2n) is 17.8. The van der Waals surface area contributed by atoms with Crippen LogP contribution in [0, 0.1) is 0 Å². The van der Waals surface area contributed by atoms with Crippen molar-refractivity contribution in [3.05, 3.63) is 130 Å². The van der Waals surface area contributed by atoms with Gasteiger partial charge in [-0.2, -0.15) is 0 Å². The second kappa shape index (κ2) is 20.8. The molecule has 4 aromatic carbocycles. The quantitative estimate of drug-likeness (QED) is 0.101. The van der Waals surface area contributed by atoms with Gasteiger partial charge in [0.25, 0.3) is 0 Å². The number of hydrogen-bond acceptors (Lipinski definition) is 7. The summed E-state index contributed by atoms with van der Waals surface area (Å²) in [5, 5.41) is 4.26. The van der Waals surface area contributed by atoms with Crippen molar-refractivity contribution in [2.75, 3.05) is 26.2 Å². The zero-order valence-electron chi connectivity index (χ0n) is 36.3. The molecule has 2 aliphatic heterocycles. The highest BCUT2D eigenvalue weighted by atomic mass is 35.5. The Bertz CT molecular complexity index is 2400. The fourth-order valence-corrected chi connectivity index (χ4v) is 8.68. The van der Waals surface area contributed by atoms with E-state index in [1.165, 1.54) is 0 Å². The molecule has 0 aliphatic carbocycles. The molecule has 0 spiro atoms. The number of ether oxygens (including phenoxy) is 1. The SMILES string of the molecule is CC(C)(C)OC(=O)N[C@@H](CC(=O)N1CCCC(c2nc3ccccc3[nH]2)C1)Cc1ccc(Cl)cc1.N[C@@H](CC(=O)N1CCCC(c2nc3ccccc3[nH]2)C1)Cc1ccc(Cl)cc1. The number of H-pyrrole nitrogens is 2. The molecule has 4 heterocycles. The number of likely N-dealkylation sites (tertiary alicyclic amines) is 2. The zero-order valence-corrected chi connectivity index (χ0v) is 37.8. The summed E-state index contributed by atoms with van der Waals surface area (Å²) in [5.74, 6) is 2.45. The number of nitrogens with zero attached hydrogens (tertiary/aromatic N) is 4. The Morgan fingerprint density at radius 2 is 1.17 bits per heavy atom. The van der Waals surface area contributed by atoms with Crippen molar-refractivity contribution in [1.29, 1.82) is 0 Å². The third kappa shape index (κ3) is 13.1. The summed E-state index contributed by atoms with van der Waals surface area (Å²) in [6.45, 7) is 8.26. The van der Waals surface area contributed by atoms with Gasteiger partial charge in [0.05, 0.1) is 22.1 Å². The fraction of sp³-hybridized carbons (Fsp3) is 0.408. The van der Waals surface area contributed by atoms with E-state index in [4.69, 9.17) is 43.6 Å². The van der Waals surface area contributed by atoms with E-state index in [0.29, 0.717) is 48.9 Å². The molecule has 6 aromatic rings. The summed E-state index contributed by atoms with van der Waals surface area (Å²) in [6, 6.07) is 30.5. The normalized spacial score (nSPS) is 17.7. The maximum Gasteiger partial charge on any atom is 0.407 e. The molecule has 0 saturated carbocycles. The van der Waals surface area contributed by atoms with Gasteiger partial charge >= 0.3 is 6.09 Å². The minimum absolute atomic E-state index is 0.0147. The minimum Gasteiger partial charge on any atom is -0.444 e. The van der Waals surface area contributed by atoms with Crippen molar-refractivity contribution < 1.29 is 19.1 Å². The molecule has 2 unspecified atom stereocenters. The minimum atomic E-state index is -0.619. The van der Waals surface area contributed by atoms with Crippen LogP contribution in [-0.4, -0.2) is 91.5 Å². The molecule has 63 heavy (non-hydrogen) atoms. The van der Waals surface area contributed by atoms with Gasteiger partial charge in [0, 0.05) is 73.0 Å².